The Balaban J connectivity index is 2.21. The van der Waals surface area contributed by atoms with Gasteiger partial charge in [0.05, 0.1) is 25.4 Å². The molecule has 1 aliphatic heterocycles. The molecule has 9 heteroatoms. The van der Waals surface area contributed by atoms with E-state index < -0.39 is 11.9 Å². The van der Waals surface area contributed by atoms with Crippen LogP contribution in [0.15, 0.2) is 12.7 Å². The number of amides is 1. The SMILES string of the molecule is C=CCOC(=O)c1sc(NC(=O)C[NH+]2CCOCC2)c(C(=O)OCC)c1C. The molecule has 1 fully saturated rings. The highest BCUT2D eigenvalue weighted by Crippen LogP contribution is 2.34. The summed E-state index contributed by atoms with van der Waals surface area (Å²) in [5.41, 5.74) is 0.624. The van der Waals surface area contributed by atoms with Gasteiger partial charge in [-0.1, -0.05) is 12.7 Å². The molecule has 0 aromatic carbocycles. The third-order valence-electron chi connectivity index (χ3n) is 4.01. The molecule has 0 bridgehead atoms. The van der Waals surface area contributed by atoms with Crippen molar-refractivity contribution in [1.82, 2.24) is 0 Å². The van der Waals surface area contributed by atoms with Crippen molar-refractivity contribution in [3.63, 3.8) is 0 Å². The van der Waals surface area contributed by atoms with E-state index in [1.807, 2.05) is 0 Å². The summed E-state index contributed by atoms with van der Waals surface area (Å²) >= 11 is 1.01. The van der Waals surface area contributed by atoms with Crippen molar-refractivity contribution >= 4 is 34.2 Å². The van der Waals surface area contributed by atoms with Gasteiger partial charge in [0.1, 0.15) is 29.6 Å². The van der Waals surface area contributed by atoms with Gasteiger partial charge in [-0.05, 0) is 19.4 Å². The van der Waals surface area contributed by atoms with Crippen LogP contribution in [0.5, 0.6) is 0 Å². The number of nitrogens with one attached hydrogen (secondary N) is 2. The lowest BCUT2D eigenvalue weighted by Gasteiger charge is -2.23. The summed E-state index contributed by atoms with van der Waals surface area (Å²) < 4.78 is 15.4. The second kappa shape index (κ2) is 10.2. The smallest absolute Gasteiger partial charge is 0.348 e. The summed E-state index contributed by atoms with van der Waals surface area (Å²) in [5.74, 6) is -1.38. The summed E-state index contributed by atoms with van der Waals surface area (Å²) in [6.07, 6.45) is 1.46. The van der Waals surface area contributed by atoms with Gasteiger partial charge >= 0.3 is 11.9 Å². The standard InChI is InChI=1S/C18H24N2O6S/c1-4-8-26-18(23)15-12(3)14(17(22)25-5-2)16(27-15)19-13(21)11-20-6-9-24-10-7-20/h4H,1,5-11H2,2-3H3,(H,19,21)/p+1. The Hall–Kier alpha value is -2.23. The Morgan fingerprint density at radius 1 is 1.26 bits per heavy atom. The third-order valence-corrected chi connectivity index (χ3v) is 5.19. The van der Waals surface area contributed by atoms with E-state index in [1.54, 1.807) is 13.8 Å². The minimum Gasteiger partial charge on any atom is -0.462 e. The van der Waals surface area contributed by atoms with Crippen molar-refractivity contribution in [1.29, 1.82) is 0 Å². The largest absolute Gasteiger partial charge is 0.462 e. The lowest BCUT2D eigenvalue weighted by molar-refractivity contribution is -0.899. The van der Waals surface area contributed by atoms with Gasteiger partial charge in [-0.2, -0.15) is 0 Å². The van der Waals surface area contributed by atoms with Crippen LogP contribution in [0.3, 0.4) is 0 Å². The second-order valence-electron chi connectivity index (χ2n) is 5.96. The zero-order chi connectivity index (χ0) is 19.8. The van der Waals surface area contributed by atoms with Crippen LogP contribution in [0.2, 0.25) is 0 Å². The van der Waals surface area contributed by atoms with Gasteiger partial charge in [0.2, 0.25) is 0 Å². The molecule has 1 aromatic heterocycles. The summed E-state index contributed by atoms with van der Waals surface area (Å²) in [5, 5.41) is 3.06. The average molecular weight is 397 g/mol. The van der Waals surface area contributed by atoms with Crippen LogP contribution >= 0.6 is 11.3 Å². The van der Waals surface area contributed by atoms with Crippen LogP contribution in [0.1, 0.15) is 32.5 Å². The van der Waals surface area contributed by atoms with E-state index in [4.69, 9.17) is 14.2 Å². The number of carbonyl (C=O) groups is 3. The maximum absolute atomic E-state index is 12.4. The fourth-order valence-electron chi connectivity index (χ4n) is 2.68. The molecule has 1 amide bonds. The molecule has 1 aromatic rings. The molecule has 0 atom stereocenters. The summed E-state index contributed by atoms with van der Waals surface area (Å²) in [4.78, 5) is 38.4. The van der Waals surface area contributed by atoms with Gasteiger partial charge < -0.3 is 24.4 Å². The van der Waals surface area contributed by atoms with E-state index in [-0.39, 0.29) is 36.1 Å². The highest BCUT2D eigenvalue weighted by molar-refractivity contribution is 7.18. The first-order valence-corrected chi connectivity index (χ1v) is 9.59. The molecule has 0 unspecified atom stereocenters. The van der Waals surface area contributed by atoms with E-state index >= 15 is 0 Å². The molecule has 0 spiro atoms. The first kappa shape index (κ1) is 21.1. The molecule has 8 nitrogen and oxygen atoms in total. The molecule has 0 aliphatic carbocycles. The molecule has 1 aliphatic rings. The lowest BCUT2D eigenvalue weighted by Crippen LogP contribution is -3.15. The van der Waals surface area contributed by atoms with Crippen LogP contribution in [-0.2, 0) is 19.0 Å². The number of ether oxygens (including phenoxy) is 3. The van der Waals surface area contributed by atoms with E-state index in [9.17, 15) is 14.4 Å². The molecule has 2 N–H and O–H groups in total. The third kappa shape index (κ3) is 5.62. The molecule has 0 saturated carbocycles. The normalized spacial score (nSPS) is 14.4. The highest BCUT2D eigenvalue weighted by Gasteiger charge is 2.28. The fourth-order valence-corrected chi connectivity index (χ4v) is 3.79. The van der Waals surface area contributed by atoms with Crippen LogP contribution in [0, 0.1) is 6.92 Å². The second-order valence-corrected chi connectivity index (χ2v) is 6.98. The summed E-state index contributed by atoms with van der Waals surface area (Å²) in [7, 11) is 0. The predicted molar refractivity (Wildman–Crippen MR) is 101 cm³/mol. The van der Waals surface area contributed by atoms with E-state index in [0.717, 1.165) is 29.3 Å². The summed E-state index contributed by atoms with van der Waals surface area (Å²) in [6.45, 7) is 10.1. The monoisotopic (exact) mass is 397 g/mol. The molecule has 148 valence electrons. The number of rotatable bonds is 8. The number of quaternary nitrogens is 1. The molecule has 2 heterocycles. The van der Waals surface area contributed by atoms with Crippen molar-refractivity contribution in [2.75, 3.05) is 51.4 Å². The molecule has 1 saturated heterocycles. The number of thiophene rings is 1. The zero-order valence-electron chi connectivity index (χ0n) is 15.6. The number of carbonyl (C=O) groups excluding carboxylic acids is 3. The highest BCUT2D eigenvalue weighted by atomic mass is 32.1. The minimum atomic E-state index is -0.581. The minimum absolute atomic E-state index is 0.0625. The first-order chi connectivity index (χ1) is 13.0. The van der Waals surface area contributed by atoms with Gasteiger partial charge in [-0.15, -0.1) is 11.3 Å². The van der Waals surface area contributed by atoms with Crippen molar-refractivity contribution < 1.29 is 33.5 Å². The van der Waals surface area contributed by atoms with Gasteiger partial charge in [-0.25, -0.2) is 9.59 Å². The Labute approximate surface area is 162 Å². The van der Waals surface area contributed by atoms with Crippen LogP contribution in [0.25, 0.3) is 0 Å². The average Bonchev–Trinajstić information content (AvgIpc) is 2.96. The Morgan fingerprint density at radius 3 is 2.59 bits per heavy atom. The predicted octanol–water partition coefficient (Wildman–Crippen LogP) is 0.430. The number of morpholine rings is 1. The molecule has 2 rings (SSSR count). The first-order valence-electron chi connectivity index (χ1n) is 8.77. The molecular weight excluding hydrogens is 372 g/mol. The van der Waals surface area contributed by atoms with Crippen molar-refractivity contribution in [2.24, 2.45) is 0 Å². The van der Waals surface area contributed by atoms with Crippen LogP contribution in [-0.4, -0.2) is 63.9 Å². The van der Waals surface area contributed by atoms with Gasteiger partial charge in [0.25, 0.3) is 5.91 Å². The maximum atomic E-state index is 12.4. The number of hydrogen-bond acceptors (Lipinski definition) is 7. The summed E-state index contributed by atoms with van der Waals surface area (Å²) in [6, 6.07) is 0. The number of esters is 2. The Morgan fingerprint density at radius 2 is 1.96 bits per heavy atom. The molecule has 27 heavy (non-hydrogen) atoms. The topological polar surface area (TPSA) is 95.4 Å². The number of hydrogen-bond donors (Lipinski definition) is 2. The quantitative estimate of drug-likeness (QED) is 0.488. The Bertz CT molecular complexity index is 709. The van der Waals surface area contributed by atoms with Gasteiger partial charge in [-0.3, -0.25) is 4.79 Å². The maximum Gasteiger partial charge on any atom is 0.348 e. The molecular formula is C18H25N2O6S+. The van der Waals surface area contributed by atoms with Crippen LogP contribution < -0.4 is 10.2 Å². The van der Waals surface area contributed by atoms with Gasteiger partial charge in [0.15, 0.2) is 6.54 Å². The van der Waals surface area contributed by atoms with E-state index in [2.05, 4.69) is 11.9 Å². The van der Waals surface area contributed by atoms with Crippen molar-refractivity contribution in [3.05, 3.63) is 28.7 Å². The fraction of sp³-hybridized carbons (Fsp3) is 0.500. The van der Waals surface area contributed by atoms with Crippen molar-refractivity contribution in [2.45, 2.75) is 13.8 Å². The number of anilines is 1. The zero-order valence-corrected chi connectivity index (χ0v) is 16.4. The van der Waals surface area contributed by atoms with Crippen LogP contribution in [0.4, 0.5) is 5.00 Å². The van der Waals surface area contributed by atoms with Crippen molar-refractivity contribution in [3.8, 4) is 0 Å². The van der Waals surface area contributed by atoms with E-state index in [1.165, 1.54) is 6.08 Å². The molecule has 0 radical (unpaired) electrons. The lowest BCUT2D eigenvalue weighted by atomic mass is 10.1. The Kier molecular flexibility index (Phi) is 7.96. The van der Waals surface area contributed by atoms with Gasteiger partial charge in [0, 0.05) is 0 Å². The van der Waals surface area contributed by atoms with E-state index in [0.29, 0.717) is 23.8 Å².